The molecular weight excluding hydrogens is 476 g/mol. The molecule has 0 amide bonds. The number of hydrogen-bond acceptors (Lipinski definition) is 3. The van der Waals surface area contributed by atoms with Crippen LogP contribution in [0.3, 0.4) is 0 Å². The SMILES string of the molecule is CCc1cc2c(cc1OCc1cc(Oc3ccccc3C(F)(F)F)ccc1F)CC1C(C(=O)O)C21C. The summed E-state index contributed by atoms with van der Waals surface area (Å²) in [5.41, 5.74) is 1.81. The number of fused-ring (bicyclic) bond motifs is 3. The Kier molecular flexibility index (Phi) is 5.73. The lowest BCUT2D eigenvalue weighted by Gasteiger charge is -2.18. The van der Waals surface area contributed by atoms with Gasteiger partial charge in [0.15, 0.2) is 0 Å². The molecule has 1 saturated carbocycles. The van der Waals surface area contributed by atoms with Crippen LogP contribution in [0.15, 0.2) is 54.6 Å². The Bertz CT molecular complexity index is 1350. The molecule has 3 aromatic rings. The van der Waals surface area contributed by atoms with Crippen molar-refractivity contribution in [2.24, 2.45) is 11.8 Å². The predicted molar refractivity (Wildman–Crippen MR) is 124 cm³/mol. The second-order valence-electron chi connectivity index (χ2n) is 9.52. The van der Waals surface area contributed by atoms with E-state index in [0.717, 1.165) is 28.8 Å². The zero-order chi connectivity index (χ0) is 25.8. The number of rotatable bonds is 7. The van der Waals surface area contributed by atoms with Crippen LogP contribution in [0.5, 0.6) is 17.2 Å². The molecule has 0 radical (unpaired) electrons. The largest absolute Gasteiger partial charge is 0.489 e. The van der Waals surface area contributed by atoms with E-state index in [4.69, 9.17) is 9.47 Å². The maximum absolute atomic E-state index is 14.5. The fraction of sp³-hybridized carbons (Fsp3) is 0.321. The van der Waals surface area contributed by atoms with Crippen molar-refractivity contribution in [1.29, 1.82) is 0 Å². The summed E-state index contributed by atoms with van der Waals surface area (Å²) >= 11 is 0. The Morgan fingerprint density at radius 1 is 1.08 bits per heavy atom. The molecular formula is C28H24F4O4. The quantitative estimate of drug-likeness (QED) is 0.358. The Morgan fingerprint density at radius 3 is 2.53 bits per heavy atom. The summed E-state index contributed by atoms with van der Waals surface area (Å²) in [5.74, 6) is -1.38. The minimum atomic E-state index is -4.59. The Hall–Kier alpha value is -3.55. The van der Waals surface area contributed by atoms with Gasteiger partial charge in [-0.1, -0.05) is 32.0 Å². The number of hydrogen-bond donors (Lipinski definition) is 1. The van der Waals surface area contributed by atoms with E-state index >= 15 is 0 Å². The Labute approximate surface area is 205 Å². The van der Waals surface area contributed by atoms with Crippen molar-refractivity contribution < 1.29 is 36.9 Å². The van der Waals surface area contributed by atoms with Gasteiger partial charge in [-0.3, -0.25) is 4.79 Å². The lowest BCUT2D eigenvalue weighted by Crippen LogP contribution is -2.13. The van der Waals surface area contributed by atoms with Gasteiger partial charge in [0.2, 0.25) is 0 Å². The van der Waals surface area contributed by atoms with Crippen LogP contribution in [0.4, 0.5) is 17.6 Å². The third kappa shape index (κ3) is 3.98. The van der Waals surface area contributed by atoms with Crippen LogP contribution in [0.1, 0.15) is 41.7 Å². The predicted octanol–water partition coefficient (Wildman–Crippen LogP) is 6.92. The highest BCUT2D eigenvalue weighted by Crippen LogP contribution is 2.66. The average Bonchev–Trinajstić information content (AvgIpc) is 3.32. The number of carbonyl (C=O) groups is 1. The van der Waals surface area contributed by atoms with E-state index in [0.29, 0.717) is 18.6 Å². The topological polar surface area (TPSA) is 55.8 Å². The van der Waals surface area contributed by atoms with E-state index in [-0.39, 0.29) is 40.9 Å². The van der Waals surface area contributed by atoms with Crippen molar-refractivity contribution in [3.05, 3.63) is 88.2 Å². The highest BCUT2D eigenvalue weighted by atomic mass is 19.4. The van der Waals surface area contributed by atoms with Crippen LogP contribution in [0, 0.1) is 17.7 Å². The first-order chi connectivity index (χ1) is 17.0. The fourth-order valence-corrected chi connectivity index (χ4v) is 5.51. The van der Waals surface area contributed by atoms with Gasteiger partial charge in [0.25, 0.3) is 0 Å². The highest BCUT2D eigenvalue weighted by Gasteiger charge is 2.69. The first kappa shape index (κ1) is 24.2. The van der Waals surface area contributed by atoms with Crippen molar-refractivity contribution in [3.63, 3.8) is 0 Å². The van der Waals surface area contributed by atoms with Crippen LogP contribution >= 0.6 is 0 Å². The summed E-state index contributed by atoms with van der Waals surface area (Å²) < 4.78 is 65.8. The summed E-state index contributed by atoms with van der Waals surface area (Å²) in [7, 11) is 0. The number of aliphatic carboxylic acids is 1. The third-order valence-electron chi connectivity index (χ3n) is 7.48. The standard InChI is InChI=1S/C28H24F4O4/c1-3-15-11-20-16(12-21-25(26(33)34)27(20,21)2)13-24(15)35-14-17-10-18(8-9-22(17)29)36-23-7-5-4-6-19(23)28(30,31)32/h4-11,13,21,25H,3,12,14H2,1-2H3,(H,33,34). The number of benzene rings is 3. The Morgan fingerprint density at radius 2 is 1.83 bits per heavy atom. The number of aryl methyl sites for hydroxylation is 1. The number of carboxylic acid groups (broad SMARTS) is 1. The van der Waals surface area contributed by atoms with Gasteiger partial charge >= 0.3 is 12.1 Å². The number of para-hydroxylation sites is 1. The molecule has 3 aromatic carbocycles. The van der Waals surface area contributed by atoms with E-state index in [1.165, 1.54) is 30.3 Å². The van der Waals surface area contributed by atoms with Crippen molar-refractivity contribution in [3.8, 4) is 17.2 Å². The van der Waals surface area contributed by atoms with E-state index in [1.54, 1.807) is 0 Å². The van der Waals surface area contributed by atoms with Gasteiger partial charge in [-0.25, -0.2) is 4.39 Å². The molecule has 0 aliphatic heterocycles. The summed E-state index contributed by atoms with van der Waals surface area (Å²) in [5, 5.41) is 9.51. The molecule has 0 aromatic heterocycles. The number of carboxylic acids is 1. The van der Waals surface area contributed by atoms with Gasteiger partial charge in [0, 0.05) is 11.0 Å². The van der Waals surface area contributed by atoms with Gasteiger partial charge < -0.3 is 14.6 Å². The third-order valence-corrected chi connectivity index (χ3v) is 7.48. The molecule has 1 N–H and O–H groups in total. The number of ether oxygens (including phenoxy) is 2. The van der Waals surface area contributed by atoms with Crippen molar-refractivity contribution in [2.45, 2.75) is 44.9 Å². The normalized spacial score (nSPS) is 22.1. The van der Waals surface area contributed by atoms with Crippen LogP contribution in [0.25, 0.3) is 0 Å². The molecule has 4 nitrogen and oxygen atoms in total. The second kappa shape index (κ2) is 8.54. The molecule has 3 atom stereocenters. The molecule has 3 unspecified atom stereocenters. The van der Waals surface area contributed by atoms with Gasteiger partial charge in [0.05, 0.1) is 11.5 Å². The molecule has 36 heavy (non-hydrogen) atoms. The molecule has 188 valence electrons. The molecule has 0 heterocycles. The summed E-state index contributed by atoms with van der Waals surface area (Å²) in [6.07, 6.45) is -3.30. The van der Waals surface area contributed by atoms with E-state index < -0.39 is 23.5 Å². The molecule has 0 saturated heterocycles. The van der Waals surface area contributed by atoms with Gasteiger partial charge in [-0.05, 0) is 71.8 Å². The molecule has 1 fully saturated rings. The van der Waals surface area contributed by atoms with E-state index in [2.05, 4.69) is 0 Å². The first-order valence-corrected chi connectivity index (χ1v) is 11.7. The average molecular weight is 500 g/mol. The lowest BCUT2D eigenvalue weighted by molar-refractivity contribution is -0.140. The maximum Gasteiger partial charge on any atom is 0.419 e. The molecule has 2 aliphatic carbocycles. The van der Waals surface area contributed by atoms with Crippen LogP contribution < -0.4 is 9.47 Å². The smallest absolute Gasteiger partial charge is 0.419 e. The molecule has 5 rings (SSSR count). The summed E-state index contributed by atoms with van der Waals surface area (Å²) in [4.78, 5) is 11.6. The van der Waals surface area contributed by atoms with Crippen molar-refractivity contribution in [2.75, 3.05) is 0 Å². The molecule has 8 heteroatoms. The fourth-order valence-electron chi connectivity index (χ4n) is 5.51. The highest BCUT2D eigenvalue weighted by molar-refractivity contribution is 5.80. The first-order valence-electron chi connectivity index (χ1n) is 11.7. The van der Waals surface area contributed by atoms with Crippen LogP contribution in [-0.4, -0.2) is 11.1 Å². The van der Waals surface area contributed by atoms with Crippen molar-refractivity contribution in [1.82, 2.24) is 0 Å². The Balaban J connectivity index is 1.36. The number of alkyl halides is 3. The van der Waals surface area contributed by atoms with Crippen LogP contribution in [0.2, 0.25) is 0 Å². The summed E-state index contributed by atoms with van der Waals surface area (Å²) in [6, 6.07) is 12.5. The van der Waals surface area contributed by atoms with Crippen LogP contribution in [-0.2, 0) is 35.8 Å². The maximum atomic E-state index is 14.5. The van der Waals surface area contributed by atoms with Gasteiger partial charge in [-0.2, -0.15) is 13.2 Å². The van der Waals surface area contributed by atoms with E-state index in [9.17, 15) is 27.5 Å². The van der Waals surface area contributed by atoms with Gasteiger partial charge in [-0.15, -0.1) is 0 Å². The van der Waals surface area contributed by atoms with E-state index in [1.807, 2.05) is 26.0 Å². The minimum absolute atomic E-state index is 0.0593. The summed E-state index contributed by atoms with van der Waals surface area (Å²) in [6.45, 7) is 3.80. The lowest BCUT2D eigenvalue weighted by atomic mass is 9.91. The van der Waals surface area contributed by atoms with Crippen molar-refractivity contribution >= 4 is 5.97 Å². The monoisotopic (exact) mass is 500 g/mol. The molecule has 0 bridgehead atoms. The molecule has 2 aliphatic rings. The second-order valence-corrected chi connectivity index (χ2v) is 9.52. The number of halogens is 4. The van der Waals surface area contributed by atoms with Gasteiger partial charge in [0.1, 0.15) is 29.7 Å². The molecule has 0 spiro atoms. The zero-order valence-electron chi connectivity index (χ0n) is 19.7. The minimum Gasteiger partial charge on any atom is -0.489 e. The zero-order valence-corrected chi connectivity index (χ0v) is 19.7.